The van der Waals surface area contributed by atoms with Gasteiger partial charge in [-0.25, -0.2) is 12.8 Å². The fourth-order valence-corrected chi connectivity index (χ4v) is 3.08. The molecule has 0 aromatic heterocycles. The second-order valence-corrected chi connectivity index (χ2v) is 8.18. The summed E-state index contributed by atoms with van der Waals surface area (Å²) in [6.07, 6.45) is 1.99. The Kier molecular flexibility index (Phi) is 6.50. The Morgan fingerprint density at radius 1 is 1.15 bits per heavy atom. The zero-order chi connectivity index (χ0) is 19.3. The van der Waals surface area contributed by atoms with E-state index in [4.69, 9.17) is 0 Å². The van der Waals surface area contributed by atoms with Gasteiger partial charge in [0.15, 0.2) is 9.84 Å². The van der Waals surface area contributed by atoms with Gasteiger partial charge in [0.05, 0.1) is 17.1 Å². The fraction of sp³-hybridized carbons (Fsp3) is 0.316. The molecular formula is C19H23FN2O3S. The Bertz CT molecular complexity index is 880. The van der Waals surface area contributed by atoms with Crippen LogP contribution in [-0.4, -0.2) is 27.1 Å². The first-order valence-electron chi connectivity index (χ1n) is 8.32. The number of anilines is 1. The summed E-state index contributed by atoms with van der Waals surface area (Å²) in [4.78, 5) is 12.0. The first kappa shape index (κ1) is 20.1. The molecule has 0 saturated heterocycles. The summed E-state index contributed by atoms with van der Waals surface area (Å²) in [6, 6.07) is 11.3. The van der Waals surface area contributed by atoms with Crippen molar-refractivity contribution in [3.8, 4) is 0 Å². The predicted molar refractivity (Wildman–Crippen MR) is 100 cm³/mol. The first-order valence-corrected chi connectivity index (χ1v) is 10.2. The number of benzene rings is 2. The number of hydrogen-bond donors (Lipinski definition) is 2. The third-order valence-corrected chi connectivity index (χ3v) is 5.21. The summed E-state index contributed by atoms with van der Waals surface area (Å²) in [5, 5.41) is 5.47. The molecule has 0 heterocycles. The number of aryl methyl sites for hydroxylation is 1. The molecule has 2 rings (SSSR count). The molecular weight excluding hydrogens is 355 g/mol. The van der Waals surface area contributed by atoms with E-state index in [1.165, 1.54) is 11.6 Å². The molecule has 7 heteroatoms. The van der Waals surface area contributed by atoms with Crippen LogP contribution >= 0.6 is 0 Å². The van der Waals surface area contributed by atoms with Crippen LogP contribution in [0.25, 0.3) is 0 Å². The third-order valence-electron chi connectivity index (χ3n) is 4.10. The third kappa shape index (κ3) is 5.37. The standard InChI is InChI=1S/C19H23FN2O3S/c1-4-14-5-7-15(8-6-14)13(2)21-12-19(23)22-18-11-16(26(3,24)25)9-10-17(18)20/h5-11,13,21H,4,12H2,1-3H3,(H,22,23)/t13-/m1/s1. The second-order valence-electron chi connectivity index (χ2n) is 6.16. The van der Waals surface area contributed by atoms with Gasteiger partial charge < -0.3 is 10.6 Å². The minimum atomic E-state index is -3.48. The molecule has 140 valence electrons. The van der Waals surface area contributed by atoms with Crippen molar-refractivity contribution in [3.05, 3.63) is 59.4 Å². The number of hydrogen-bond acceptors (Lipinski definition) is 4. The van der Waals surface area contributed by atoms with Gasteiger partial charge in [-0.3, -0.25) is 4.79 Å². The number of carbonyl (C=O) groups is 1. The van der Waals surface area contributed by atoms with Gasteiger partial charge in [-0.1, -0.05) is 31.2 Å². The van der Waals surface area contributed by atoms with E-state index in [1.807, 2.05) is 31.2 Å². The van der Waals surface area contributed by atoms with E-state index >= 15 is 0 Å². The average Bonchev–Trinajstić information content (AvgIpc) is 2.60. The van der Waals surface area contributed by atoms with Crippen LogP contribution in [0.3, 0.4) is 0 Å². The summed E-state index contributed by atoms with van der Waals surface area (Å²) < 4.78 is 36.9. The van der Waals surface area contributed by atoms with E-state index < -0.39 is 21.6 Å². The zero-order valence-corrected chi connectivity index (χ0v) is 15.9. The molecule has 26 heavy (non-hydrogen) atoms. The lowest BCUT2D eigenvalue weighted by Crippen LogP contribution is -2.30. The van der Waals surface area contributed by atoms with E-state index in [2.05, 4.69) is 17.6 Å². The molecule has 1 atom stereocenters. The summed E-state index contributed by atoms with van der Waals surface area (Å²) in [5.74, 6) is -1.14. The van der Waals surface area contributed by atoms with Gasteiger partial charge in [-0.05, 0) is 42.7 Å². The fourth-order valence-electron chi connectivity index (χ4n) is 2.43. The molecule has 0 spiro atoms. The van der Waals surface area contributed by atoms with E-state index in [-0.39, 0.29) is 23.2 Å². The Labute approximate surface area is 153 Å². The van der Waals surface area contributed by atoms with Gasteiger partial charge >= 0.3 is 0 Å². The monoisotopic (exact) mass is 378 g/mol. The zero-order valence-electron chi connectivity index (χ0n) is 15.0. The summed E-state index contributed by atoms with van der Waals surface area (Å²) in [7, 11) is -3.48. The van der Waals surface area contributed by atoms with Crippen molar-refractivity contribution in [2.75, 3.05) is 18.1 Å². The van der Waals surface area contributed by atoms with Crippen LogP contribution in [0.4, 0.5) is 10.1 Å². The number of amides is 1. The number of rotatable bonds is 7. The lowest BCUT2D eigenvalue weighted by atomic mass is 10.1. The molecule has 0 fully saturated rings. The predicted octanol–water partition coefficient (Wildman–Crippen LogP) is 3.08. The highest BCUT2D eigenvalue weighted by Gasteiger charge is 2.14. The van der Waals surface area contributed by atoms with Crippen LogP contribution in [0.5, 0.6) is 0 Å². The van der Waals surface area contributed by atoms with Crippen LogP contribution < -0.4 is 10.6 Å². The number of sulfone groups is 1. The minimum absolute atomic E-state index is 0.0285. The van der Waals surface area contributed by atoms with Gasteiger partial charge in [0.2, 0.25) is 5.91 Å². The van der Waals surface area contributed by atoms with Crippen LogP contribution in [0.15, 0.2) is 47.4 Å². The van der Waals surface area contributed by atoms with Gasteiger partial charge in [-0.15, -0.1) is 0 Å². The summed E-state index contributed by atoms with van der Waals surface area (Å²) in [5.41, 5.74) is 2.12. The number of carbonyl (C=O) groups excluding carboxylic acids is 1. The topological polar surface area (TPSA) is 75.3 Å². The van der Waals surface area contributed by atoms with E-state index in [9.17, 15) is 17.6 Å². The Hall–Kier alpha value is -2.25. The molecule has 2 aromatic carbocycles. The van der Waals surface area contributed by atoms with Gasteiger partial charge in [-0.2, -0.15) is 0 Å². The van der Waals surface area contributed by atoms with Gasteiger partial charge in [0, 0.05) is 12.3 Å². The maximum Gasteiger partial charge on any atom is 0.238 e. The largest absolute Gasteiger partial charge is 0.322 e. The van der Waals surface area contributed by atoms with Crippen LogP contribution in [-0.2, 0) is 21.1 Å². The van der Waals surface area contributed by atoms with E-state index in [0.29, 0.717) is 0 Å². The normalized spacial score (nSPS) is 12.6. The molecule has 0 radical (unpaired) electrons. The number of nitrogens with one attached hydrogen (secondary N) is 2. The lowest BCUT2D eigenvalue weighted by Gasteiger charge is -2.15. The smallest absolute Gasteiger partial charge is 0.238 e. The van der Waals surface area contributed by atoms with Crippen molar-refractivity contribution >= 4 is 21.4 Å². The second kappa shape index (κ2) is 8.42. The van der Waals surface area contributed by atoms with Crippen LogP contribution in [0.1, 0.15) is 31.0 Å². The van der Waals surface area contributed by atoms with Crippen molar-refractivity contribution in [1.82, 2.24) is 5.32 Å². The maximum atomic E-state index is 13.8. The Morgan fingerprint density at radius 3 is 2.38 bits per heavy atom. The average molecular weight is 378 g/mol. The summed E-state index contributed by atoms with van der Waals surface area (Å²) in [6.45, 7) is 3.98. The maximum absolute atomic E-state index is 13.8. The molecule has 0 aliphatic heterocycles. The molecule has 2 aromatic rings. The highest BCUT2D eigenvalue weighted by Crippen LogP contribution is 2.19. The van der Waals surface area contributed by atoms with Gasteiger partial charge in [0.25, 0.3) is 0 Å². The van der Waals surface area contributed by atoms with Crippen molar-refractivity contribution in [3.63, 3.8) is 0 Å². The number of halogens is 1. The van der Waals surface area contributed by atoms with Crippen LogP contribution in [0, 0.1) is 5.82 Å². The molecule has 0 saturated carbocycles. The Morgan fingerprint density at radius 2 is 1.81 bits per heavy atom. The van der Waals surface area contributed by atoms with E-state index in [1.54, 1.807) is 0 Å². The molecule has 0 unspecified atom stereocenters. The highest BCUT2D eigenvalue weighted by molar-refractivity contribution is 7.90. The molecule has 0 aliphatic rings. The van der Waals surface area contributed by atoms with Crippen molar-refractivity contribution < 1.29 is 17.6 Å². The van der Waals surface area contributed by atoms with Gasteiger partial charge in [0.1, 0.15) is 5.82 Å². The quantitative estimate of drug-likeness (QED) is 0.726. The molecule has 2 N–H and O–H groups in total. The highest BCUT2D eigenvalue weighted by atomic mass is 32.2. The van der Waals surface area contributed by atoms with Crippen molar-refractivity contribution in [1.29, 1.82) is 0 Å². The summed E-state index contributed by atoms with van der Waals surface area (Å²) >= 11 is 0. The van der Waals surface area contributed by atoms with E-state index in [0.717, 1.165) is 30.4 Å². The van der Waals surface area contributed by atoms with Crippen molar-refractivity contribution in [2.24, 2.45) is 0 Å². The molecule has 1 amide bonds. The van der Waals surface area contributed by atoms with Crippen molar-refractivity contribution in [2.45, 2.75) is 31.2 Å². The first-order chi connectivity index (χ1) is 12.2. The molecule has 0 bridgehead atoms. The van der Waals surface area contributed by atoms with Crippen LogP contribution in [0.2, 0.25) is 0 Å². The molecule has 0 aliphatic carbocycles. The lowest BCUT2D eigenvalue weighted by molar-refractivity contribution is -0.115. The molecule has 5 nitrogen and oxygen atoms in total. The SMILES string of the molecule is CCc1ccc([C@@H](C)NCC(=O)Nc2cc(S(C)(=O)=O)ccc2F)cc1. The minimum Gasteiger partial charge on any atom is -0.322 e. The Balaban J connectivity index is 1.98.